The Hall–Kier alpha value is -1.44. The summed E-state index contributed by atoms with van der Waals surface area (Å²) in [6.45, 7) is 0. The number of nitrogens with zero attached hydrogens (tertiary/aromatic N) is 2. The van der Waals surface area contributed by atoms with Gasteiger partial charge in [-0.25, -0.2) is 4.98 Å². The molecule has 0 spiro atoms. The molecule has 4 rings (SSSR count). The fraction of sp³-hybridized carbons (Fsp3) is 0.333. The first-order valence-electron chi connectivity index (χ1n) is 9.09. The molecule has 1 aliphatic heterocycles. The normalized spacial score (nSPS) is 16.2. The number of hydrogen-bond acceptors (Lipinski definition) is 5. The third kappa shape index (κ3) is 3.84. The van der Waals surface area contributed by atoms with Gasteiger partial charge in [0.2, 0.25) is 5.88 Å². The minimum absolute atomic E-state index is 0.0242. The van der Waals surface area contributed by atoms with Crippen molar-refractivity contribution in [3.8, 4) is 5.88 Å². The zero-order valence-corrected chi connectivity index (χ0v) is 19.0. The predicted octanol–water partition coefficient (Wildman–Crippen LogP) is 4.97. The van der Waals surface area contributed by atoms with Crippen LogP contribution in [-0.2, 0) is 17.5 Å². The monoisotopic (exact) mass is 476 g/mol. The summed E-state index contributed by atoms with van der Waals surface area (Å²) in [4.78, 5) is 17.0. The van der Waals surface area contributed by atoms with Gasteiger partial charge < -0.3 is 9.30 Å². The van der Waals surface area contributed by atoms with E-state index in [-0.39, 0.29) is 9.64 Å². The number of methoxy groups -OCH3 is 1. The summed E-state index contributed by atoms with van der Waals surface area (Å²) in [5, 5.41) is 1.08. The fourth-order valence-corrected chi connectivity index (χ4v) is 7.19. The smallest absolute Gasteiger partial charge is 0.250 e. The lowest BCUT2D eigenvalue weighted by Gasteiger charge is -2.37. The molecule has 0 saturated carbocycles. The van der Waals surface area contributed by atoms with Gasteiger partial charge in [-0.1, -0.05) is 15.9 Å². The Morgan fingerprint density at radius 2 is 2.00 bits per heavy atom. The van der Waals surface area contributed by atoms with Crippen LogP contribution in [-0.4, -0.2) is 28.2 Å². The largest absolute Gasteiger partial charge is 0.481 e. The van der Waals surface area contributed by atoms with Gasteiger partial charge in [-0.15, -0.1) is 23.5 Å². The molecule has 1 aromatic carbocycles. The minimum Gasteiger partial charge on any atom is -0.481 e. The highest BCUT2D eigenvalue weighted by atomic mass is 79.9. The van der Waals surface area contributed by atoms with E-state index in [1.54, 1.807) is 24.8 Å². The van der Waals surface area contributed by atoms with Gasteiger partial charge in [0.05, 0.1) is 16.7 Å². The highest BCUT2D eigenvalue weighted by molar-refractivity contribution is 9.10. The molecule has 3 aromatic rings. The van der Waals surface area contributed by atoms with Crippen LogP contribution in [0.1, 0.15) is 17.5 Å². The molecule has 1 aliphatic rings. The maximum atomic E-state index is 12.3. The number of pyridine rings is 2. The molecule has 0 atom stereocenters. The van der Waals surface area contributed by atoms with Crippen molar-refractivity contribution in [2.24, 2.45) is 7.05 Å². The minimum atomic E-state index is -0.208. The Labute approximate surface area is 181 Å². The summed E-state index contributed by atoms with van der Waals surface area (Å²) >= 11 is 7.40. The van der Waals surface area contributed by atoms with Crippen molar-refractivity contribution < 1.29 is 4.74 Å². The summed E-state index contributed by atoms with van der Waals surface area (Å²) in [5.74, 6) is 2.82. The first kappa shape index (κ1) is 19.9. The zero-order chi connectivity index (χ0) is 19.7. The second-order valence-corrected chi connectivity index (χ2v) is 10.8. The Balaban J connectivity index is 1.82. The van der Waals surface area contributed by atoms with Crippen LogP contribution in [0.5, 0.6) is 5.88 Å². The molecule has 0 bridgehead atoms. The van der Waals surface area contributed by atoms with E-state index < -0.39 is 0 Å². The van der Waals surface area contributed by atoms with Crippen LogP contribution in [0.4, 0.5) is 0 Å². The lowest BCUT2D eigenvalue weighted by atomic mass is 10.0. The number of hydrogen-bond donors (Lipinski definition) is 0. The molecule has 146 valence electrons. The van der Waals surface area contributed by atoms with Gasteiger partial charge in [0.1, 0.15) is 0 Å². The van der Waals surface area contributed by atoms with Gasteiger partial charge in [-0.05, 0) is 53.8 Å². The molecule has 2 aromatic heterocycles. The zero-order valence-electron chi connectivity index (χ0n) is 15.8. The first-order chi connectivity index (χ1) is 13.5. The summed E-state index contributed by atoms with van der Waals surface area (Å²) < 4.78 is 8.08. The van der Waals surface area contributed by atoms with Crippen LogP contribution in [0, 0.1) is 0 Å². The van der Waals surface area contributed by atoms with Crippen LogP contribution in [0.3, 0.4) is 0 Å². The molecule has 0 amide bonds. The number of benzene rings is 1. The molecule has 28 heavy (non-hydrogen) atoms. The topological polar surface area (TPSA) is 44.1 Å². The Kier molecular flexibility index (Phi) is 5.76. The summed E-state index contributed by atoms with van der Waals surface area (Å²) in [5.41, 5.74) is 3.07. The number of rotatable bonds is 4. The molecule has 3 heterocycles. The number of ether oxygens (including phenoxy) is 1. The van der Waals surface area contributed by atoms with Crippen LogP contribution in [0.25, 0.3) is 10.9 Å². The van der Waals surface area contributed by atoms with E-state index >= 15 is 0 Å². The molecule has 7 heteroatoms. The summed E-state index contributed by atoms with van der Waals surface area (Å²) in [7, 11) is 3.46. The van der Waals surface area contributed by atoms with Crippen molar-refractivity contribution in [1.29, 1.82) is 0 Å². The molecule has 0 radical (unpaired) electrons. The van der Waals surface area contributed by atoms with Crippen molar-refractivity contribution >= 4 is 50.4 Å². The Morgan fingerprint density at radius 3 is 2.71 bits per heavy atom. The van der Waals surface area contributed by atoms with E-state index in [0.29, 0.717) is 5.88 Å². The third-order valence-corrected chi connectivity index (χ3v) is 8.81. The highest BCUT2D eigenvalue weighted by Gasteiger charge is 2.37. The van der Waals surface area contributed by atoms with E-state index in [4.69, 9.17) is 9.72 Å². The number of fused-ring (bicyclic) bond motifs is 1. The predicted molar refractivity (Wildman–Crippen MR) is 123 cm³/mol. The molecule has 4 nitrogen and oxygen atoms in total. The van der Waals surface area contributed by atoms with Gasteiger partial charge in [-0.2, -0.15) is 0 Å². The quantitative estimate of drug-likeness (QED) is 0.531. The average molecular weight is 477 g/mol. The van der Waals surface area contributed by atoms with E-state index in [1.165, 1.54) is 6.42 Å². The van der Waals surface area contributed by atoms with Crippen LogP contribution in [0.15, 0.2) is 51.9 Å². The third-order valence-electron chi connectivity index (χ3n) is 4.94. The van der Waals surface area contributed by atoms with Crippen LogP contribution in [0.2, 0.25) is 0 Å². The van der Waals surface area contributed by atoms with E-state index in [0.717, 1.165) is 44.4 Å². The lowest BCUT2D eigenvalue weighted by molar-refractivity contribution is 0.393. The van der Waals surface area contributed by atoms with Gasteiger partial charge in [-0.3, -0.25) is 4.79 Å². The second kappa shape index (κ2) is 8.13. The van der Waals surface area contributed by atoms with Gasteiger partial charge in [0.15, 0.2) is 0 Å². The Bertz CT molecular complexity index is 1080. The summed E-state index contributed by atoms with van der Waals surface area (Å²) in [6.07, 6.45) is 3.80. The molecule has 1 saturated heterocycles. The van der Waals surface area contributed by atoms with Crippen LogP contribution >= 0.6 is 39.5 Å². The average Bonchev–Trinajstić information content (AvgIpc) is 2.70. The standard InChI is InChI=1S/C21H21BrN2O2S2/c1-24-7-6-16(12-19(24)25)21(27-8-3-9-28-21)13-15-10-14-11-17(22)4-5-18(14)23-20(15)26-2/h4-7,10-12H,3,8-9,13H2,1-2H3. The fourth-order valence-electron chi connectivity index (χ4n) is 3.46. The van der Waals surface area contributed by atoms with Crippen molar-refractivity contribution in [1.82, 2.24) is 9.55 Å². The van der Waals surface area contributed by atoms with E-state index in [2.05, 4.69) is 34.1 Å². The lowest BCUT2D eigenvalue weighted by Crippen LogP contribution is -2.28. The molecule has 1 fully saturated rings. The van der Waals surface area contributed by atoms with Gasteiger partial charge in [0, 0.05) is 41.2 Å². The second-order valence-electron chi connectivity index (χ2n) is 6.84. The summed E-state index contributed by atoms with van der Waals surface area (Å²) in [6, 6.07) is 12.1. The highest BCUT2D eigenvalue weighted by Crippen LogP contribution is 2.52. The van der Waals surface area contributed by atoms with Crippen molar-refractivity contribution in [2.75, 3.05) is 18.6 Å². The molecular formula is C21H21BrN2O2S2. The van der Waals surface area contributed by atoms with Gasteiger partial charge in [0.25, 0.3) is 5.56 Å². The number of aromatic nitrogens is 2. The number of halogens is 1. The Morgan fingerprint density at radius 1 is 1.21 bits per heavy atom. The van der Waals surface area contributed by atoms with E-state index in [9.17, 15) is 4.79 Å². The van der Waals surface area contributed by atoms with Crippen molar-refractivity contribution in [2.45, 2.75) is 16.9 Å². The maximum Gasteiger partial charge on any atom is 0.250 e. The van der Waals surface area contributed by atoms with E-state index in [1.807, 2.05) is 41.9 Å². The van der Waals surface area contributed by atoms with Crippen molar-refractivity contribution in [3.05, 3.63) is 68.5 Å². The maximum absolute atomic E-state index is 12.3. The van der Waals surface area contributed by atoms with Gasteiger partial charge >= 0.3 is 0 Å². The number of aryl methyl sites for hydroxylation is 1. The SMILES string of the molecule is COc1nc2ccc(Br)cc2cc1CC1(c2ccn(C)c(=O)c2)SCCCS1. The molecular weight excluding hydrogens is 456 g/mol. The van der Waals surface area contributed by atoms with Crippen molar-refractivity contribution in [3.63, 3.8) is 0 Å². The number of thioether (sulfide) groups is 2. The molecule has 0 aliphatic carbocycles. The molecule has 0 N–H and O–H groups in total. The van der Waals surface area contributed by atoms with Crippen LogP contribution < -0.4 is 10.3 Å². The first-order valence-corrected chi connectivity index (χ1v) is 11.9. The molecule has 0 unspecified atom stereocenters.